The number of primary sulfonamides is 1. The molecule has 3 N–H and O–H groups in total. The molecule has 0 amide bonds. The van der Waals surface area contributed by atoms with Crippen LogP contribution in [0.25, 0.3) is 0 Å². The zero-order chi connectivity index (χ0) is 11.0. The lowest BCUT2D eigenvalue weighted by atomic mass is 9.95. The largest absolute Gasteiger partial charge is 0.481 e. The van der Waals surface area contributed by atoms with Gasteiger partial charge in [0, 0.05) is 12.4 Å². The van der Waals surface area contributed by atoms with Gasteiger partial charge in [0.2, 0.25) is 10.0 Å². The van der Waals surface area contributed by atoms with Crippen molar-refractivity contribution in [2.24, 2.45) is 16.0 Å². The molecule has 2 atom stereocenters. The van der Waals surface area contributed by atoms with Gasteiger partial charge in [0.1, 0.15) is 0 Å². The third-order valence-electron chi connectivity index (χ3n) is 2.24. The molecule has 0 radical (unpaired) electrons. The first-order chi connectivity index (χ1) is 6.31. The summed E-state index contributed by atoms with van der Waals surface area (Å²) < 4.78 is 20.8. The highest BCUT2D eigenvalue weighted by atomic mass is 32.2. The van der Waals surface area contributed by atoms with Gasteiger partial charge in [-0.25, -0.2) is 13.6 Å². The average Bonchev–Trinajstić information content (AvgIpc) is 2.50. The van der Waals surface area contributed by atoms with Crippen LogP contribution in [-0.2, 0) is 14.8 Å². The Morgan fingerprint density at radius 3 is 2.50 bits per heavy atom. The Morgan fingerprint density at radius 1 is 1.64 bits per heavy atom. The number of hydrogen-bond acceptors (Lipinski definition) is 4. The first-order valence-corrected chi connectivity index (χ1v) is 5.33. The minimum Gasteiger partial charge on any atom is -0.481 e. The summed E-state index contributed by atoms with van der Waals surface area (Å²) in [4.78, 5) is 14.3. The van der Waals surface area contributed by atoms with Gasteiger partial charge < -0.3 is 5.11 Å². The zero-order valence-electron chi connectivity index (χ0n) is 7.41. The summed E-state index contributed by atoms with van der Waals surface area (Å²) in [5.41, 5.74) is 0. The Hall–Kier alpha value is -1.21. The summed E-state index contributed by atoms with van der Waals surface area (Å²) in [6, 6.07) is 0. The van der Waals surface area contributed by atoms with Crippen molar-refractivity contribution in [2.45, 2.75) is 11.7 Å². The van der Waals surface area contributed by atoms with E-state index in [1.54, 1.807) is 0 Å². The number of carboxylic acid groups (broad SMARTS) is 1. The molecule has 0 fully saturated rings. The van der Waals surface area contributed by atoms with Crippen LogP contribution in [0.4, 0.5) is 0 Å². The lowest BCUT2D eigenvalue weighted by Gasteiger charge is -2.25. The maximum atomic E-state index is 11.3. The van der Waals surface area contributed by atoms with Gasteiger partial charge in [-0.2, -0.15) is 0 Å². The number of hydrogen-bond donors (Lipinski definition) is 2. The molecule has 0 bridgehead atoms. The van der Waals surface area contributed by atoms with Gasteiger partial charge in [0.25, 0.3) is 0 Å². The molecule has 0 aromatic rings. The van der Waals surface area contributed by atoms with Gasteiger partial charge in [0.05, 0.1) is 5.92 Å². The lowest BCUT2D eigenvalue weighted by molar-refractivity contribution is -0.141. The van der Waals surface area contributed by atoms with Crippen LogP contribution < -0.4 is 5.14 Å². The molecule has 0 saturated carbocycles. The Labute approximate surface area is 81.2 Å². The topological polar surface area (TPSA) is 110 Å². The molecule has 0 spiro atoms. The van der Waals surface area contributed by atoms with Gasteiger partial charge >= 0.3 is 5.97 Å². The van der Waals surface area contributed by atoms with E-state index in [2.05, 4.69) is 4.99 Å². The molecule has 1 aliphatic heterocycles. The Kier molecular flexibility index (Phi) is 2.47. The number of nitrogens with two attached hydrogens (primary N) is 1. The van der Waals surface area contributed by atoms with E-state index in [1.807, 2.05) is 0 Å². The van der Waals surface area contributed by atoms with Gasteiger partial charge in [0.15, 0.2) is 4.75 Å². The number of sulfonamides is 1. The van der Waals surface area contributed by atoms with Crippen molar-refractivity contribution >= 4 is 22.2 Å². The van der Waals surface area contributed by atoms with Crippen molar-refractivity contribution in [3.63, 3.8) is 0 Å². The fourth-order valence-electron chi connectivity index (χ4n) is 1.23. The first kappa shape index (κ1) is 10.9. The molecule has 1 aliphatic rings. The molecule has 6 nitrogen and oxygen atoms in total. The molecule has 7 heteroatoms. The predicted octanol–water partition coefficient (Wildman–Crippen LogP) is -0.667. The number of nitrogens with zero attached hydrogens (tertiary/aromatic N) is 1. The molecule has 2 unspecified atom stereocenters. The zero-order valence-corrected chi connectivity index (χ0v) is 8.23. The first-order valence-electron chi connectivity index (χ1n) is 3.78. The molecular formula is C7H10N2O4S. The van der Waals surface area contributed by atoms with Gasteiger partial charge in [-0.3, -0.25) is 9.79 Å². The van der Waals surface area contributed by atoms with Crippen LogP contribution in [0.2, 0.25) is 0 Å². The minimum atomic E-state index is -4.03. The van der Waals surface area contributed by atoms with Crippen LogP contribution in [0.5, 0.6) is 0 Å². The third-order valence-corrected chi connectivity index (χ3v) is 3.82. The van der Waals surface area contributed by atoms with Crippen molar-refractivity contribution < 1.29 is 18.3 Å². The van der Waals surface area contributed by atoms with E-state index in [9.17, 15) is 13.2 Å². The maximum Gasteiger partial charge on any atom is 0.308 e. The van der Waals surface area contributed by atoms with E-state index >= 15 is 0 Å². The van der Waals surface area contributed by atoms with E-state index in [4.69, 9.17) is 10.2 Å². The maximum absolute atomic E-state index is 11.3. The fraction of sp³-hybridized carbons (Fsp3) is 0.429. The third kappa shape index (κ3) is 1.44. The molecule has 78 valence electrons. The SMILES string of the molecule is CC(C(=O)O)C1(S(N)(=O)=O)C=CN=C1. The number of rotatable bonds is 3. The Bertz CT molecular complexity index is 397. The van der Waals surface area contributed by atoms with Crippen molar-refractivity contribution in [1.29, 1.82) is 0 Å². The summed E-state index contributed by atoms with van der Waals surface area (Å²) in [5.74, 6) is -2.41. The molecule has 0 saturated heterocycles. The summed E-state index contributed by atoms with van der Waals surface area (Å²) in [6.07, 6.45) is 3.45. The second-order valence-electron chi connectivity index (χ2n) is 3.05. The van der Waals surface area contributed by atoms with Crippen LogP contribution >= 0.6 is 0 Å². The van der Waals surface area contributed by atoms with Crippen LogP contribution in [0.3, 0.4) is 0 Å². The average molecular weight is 218 g/mol. The number of carbonyl (C=O) groups is 1. The van der Waals surface area contributed by atoms with Crippen molar-refractivity contribution in [2.75, 3.05) is 0 Å². The van der Waals surface area contributed by atoms with E-state index in [-0.39, 0.29) is 0 Å². The second-order valence-corrected chi connectivity index (χ2v) is 4.85. The van der Waals surface area contributed by atoms with Crippen molar-refractivity contribution in [3.8, 4) is 0 Å². The number of aliphatic carboxylic acids is 1. The number of carboxylic acids is 1. The highest BCUT2D eigenvalue weighted by Gasteiger charge is 2.48. The van der Waals surface area contributed by atoms with E-state index < -0.39 is 26.7 Å². The summed E-state index contributed by atoms with van der Waals surface area (Å²) in [5, 5.41) is 13.7. The lowest BCUT2D eigenvalue weighted by Crippen LogP contribution is -2.50. The fourth-order valence-corrected chi connectivity index (χ4v) is 2.28. The molecule has 0 aromatic carbocycles. The van der Waals surface area contributed by atoms with E-state index in [0.29, 0.717) is 0 Å². The van der Waals surface area contributed by atoms with E-state index in [0.717, 1.165) is 6.21 Å². The molecule has 1 heterocycles. The summed E-state index contributed by atoms with van der Waals surface area (Å²) >= 11 is 0. The van der Waals surface area contributed by atoms with E-state index in [1.165, 1.54) is 19.2 Å². The number of aliphatic imine (C=N–C) groups is 1. The monoisotopic (exact) mass is 218 g/mol. The smallest absolute Gasteiger partial charge is 0.308 e. The standard InChI is InChI=1S/C7H10N2O4S/c1-5(6(10)11)7(14(8,12)13)2-3-9-4-7/h2-5H,1H3,(H,10,11)(H2,8,12,13). The highest BCUT2D eigenvalue weighted by Crippen LogP contribution is 2.28. The molecule has 0 aromatic heterocycles. The van der Waals surface area contributed by atoms with Gasteiger partial charge in [-0.1, -0.05) is 0 Å². The molecule has 0 aliphatic carbocycles. The van der Waals surface area contributed by atoms with Crippen molar-refractivity contribution in [3.05, 3.63) is 12.3 Å². The Balaban J connectivity index is 3.28. The second kappa shape index (κ2) is 3.18. The molecule has 1 rings (SSSR count). The molecular weight excluding hydrogens is 208 g/mol. The van der Waals surface area contributed by atoms with Gasteiger partial charge in [-0.05, 0) is 13.0 Å². The highest BCUT2D eigenvalue weighted by molar-refractivity contribution is 7.91. The Morgan fingerprint density at radius 2 is 2.21 bits per heavy atom. The van der Waals surface area contributed by atoms with Crippen LogP contribution in [0.1, 0.15) is 6.92 Å². The summed E-state index contributed by atoms with van der Waals surface area (Å²) in [6.45, 7) is 1.27. The predicted molar refractivity (Wildman–Crippen MR) is 50.3 cm³/mol. The van der Waals surface area contributed by atoms with Gasteiger partial charge in [-0.15, -0.1) is 0 Å². The van der Waals surface area contributed by atoms with Crippen LogP contribution in [0, 0.1) is 5.92 Å². The van der Waals surface area contributed by atoms with Crippen LogP contribution in [0.15, 0.2) is 17.3 Å². The normalized spacial score (nSPS) is 27.9. The minimum absolute atomic E-state index is 1.04. The molecule has 14 heavy (non-hydrogen) atoms. The summed E-state index contributed by atoms with van der Waals surface area (Å²) in [7, 11) is -4.03. The quantitative estimate of drug-likeness (QED) is 0.654. The van der Waals surface area contributed by atoms with Crippen molar-refractivity contribution in [1.82, 2.24) is 0 Å². The van der Waals surface area contributed by atoms with Crippen LogP contribution in [-0.4, -0.2) is 30.5 Å².